The number of imide groups is 1. The molecule has 3 nitrogen and oxygen atoms in total. The van der Waals surface area contributed by atoms with Crippen molar-refractivity contribution in [3.05, 3.63) is 0 Å². The average molecular weight is 185 g/mol. The maximum absolute atomic E-state index is 10.8. The maximum Gasteiger partial charge on any atom is 0.226 e. The Labute approximate surface area is 79.9 Å². The first kappa shape index (κ1) is 12.1. The molecule has 76 valence electrons. The van der Waals surface area contributed by atoms with Gasteiger partial charge in [-0.2, -0.15) is 0 Å². The first-order valence-corrected chi connectivity index (χ1v) is 5.04. The van der Waals surface area contributed by atoms with Crippen molar-refractivity contribution in [2.75, 3.05) is 0 Å². The largest absolute Gasteiger partial charge is 0.299 e. The lowest BCUT2D eigenvalue weighted by Gasteiger charge is -1.99. The summed E-state index contributed by atoms with van der Waals surface area (Å²) in [7, 11) is 0. The number of hydrogen-bond acceptors (Lipinski definition) is 2. The van der Waals surface area contributed by atoms with Gasteiger partial charge >= 0.3 is 0 Å². The lowest BCUT2D eigenvalue weighted by molar-refractivity contribution is -0.125. The van der Waals surface area contributed by atoms with Crippen LogP contribution in [0.1, 0.15) is 51.9 Å². The Kier molecular flexibility index (Phi) is 8.62. The highest BCUT2D eigenvalue weighted by Gasteiger charge is 1.98. The van der Waals surface area contributed by atoms with Gasteiger partial charge in [0.05, 0.1) is 0 Å². The zero-order valence-electron chi connectivity index (χ0n) is 8.34. The molecule has 1 N–H and O–H groups in total. The molecule has 0 aromatic carbocycles. The van der Waals surface area contributed by atoms with Crippen LogP contribution in [0.5, 0.6) is 0 Å². The number of rotatable bonds is 8. The van der Waals surface area contributed by atoms with E-state index >= 15 is 0 Å². The van der Waals surface area contributed by atoms with E-state index in [0.29, 0.717) is 12.8 Å². The van der Waals surface area contributed by atoms with Gasteiger partial charge in [0.15, 0.2) is 0 Å². The fraction of sp³-hybridized carbons (Fsp3) is 0.800. The van der Waals surface area contributed by atoms with E-state index in [1.165, 1.54) is 25.7 Å². The number of unbranched alkanes of at least 4 members (excludes halogenated alkanes) is 5. The van der Waals surface area contributed by atoms with E-state index in [1.54, 1.807) is 0 Å². The van der Waals surface area contributed by atoms with Gasteiger partial charge in [-0.25, -0.2) is 0 Å². The minimum Gasteiger partial charge on any atom is -0.299 e. The molecule has 0 rings (SSSR count). The summed E-state index contributed by atoms with van der Waals surface area (Å²) in [6.45, 7) is 2.18. The molecule has 0 aliphatic carbocycles. The van der Waals surface area contributed by atoms with Gasteiger partial charge < -0.3 is 0 Å². The third-order valence-electron chi connectivity index (χ3n) is 1.98. The highest BCUT2D eigenvalue weighted by molar-refractivity contribution is 5.85. The molecule has 0 aromatic rings. The second-order valence-corrected chi connectivity index (χ2v) is 3.20. The molecule has 0 radical (unpaired) electrons. The third kappa shape index (κ3) is 9.05. The van der Waals surface area contributed by atoms with Crippen LogP contribution in [0.3, 0.4) is 0 Å². The number of nitrogens with one attached hydrogen (secondary N) is 1. The van der Waals surface area contributed by atoms with Crippen LogP contribution in [0.25, 0.3) is 0 Å². The molecule has 0 aliphatic rings. The van der Waals surface area contributed by atoms with Crippen molar-refractivity contribution >= 4 is 12.3 Å². The summed E-state index contributed by atoms with van der Waals surface area (Å²) < 4.78 is 0. The van der Waals surface area contributed by atoms with E-state index in [2.05, 4.69) is 12.2 Å². The van der Waals surface area contributed by atoms with Crippen molar-refractivity contribution in [1.29, 1.82) is 0 Å². The van der Waals surface area contributed by atoms with Crippen LogP contribution in [0, 0.1) is 0 Å². The van der Waals surface area contributed by atoms with Gasteiger partial charge in [-0.15, -0.1) is 0 Å². The lowest BCUT2D eigenvalue weighted by atomic mass is 10.1. The average Bonchev–Trinajstić information content (AvgIpc) is 2.11. The van der Waals surface area contributed by atoms with Crippen LogP contribution in [0.2, 0.25) is 0 Å². The summed E-state index contributed by atoms with van der Waals surface area (Å²) in [5, 5.41) is 2.13. The fourth-order valence-corrected chi connectivity index (χ4v) is 1.20. The van der Waals surface area contributed by atoms with Gasteiger partial charge in [-0.05, 0) is 6.42 Å². The standard InChI is InChI=1S/C10H19NO2/c1-2-3-4-5-6-7-8-10(13)11-9-12/h9H,2-8H2,1H3,(H,11,12,13). The van der Waals surface area contributed by atoms with Crippen LogP contribution < -0.4 is 5.32 Å². The maximum atomic E-state index is 10.8. The Morgan fingerprint density at radius 3 is 2.38 bits per heavy atom. The molecular formula is C10H19NO2. The molecule has 0 aromatic heterocycles. The number of carbonyl (C=O) groups is 2. The van der Waals surface area contributed by atoms with E-state index in [0.717, 1.165) is 12.8 Å². The number of carbonyl (C=O) groups excluding carboxylic acids is 2. The van der Waals surface area contributed by atoms with Crippen molar-refractivity contribution in [2.45, 2.75) is 51.9 Å². The van der Waals surface area contributed by atoms with Crippen molar-refractivity contribution in [3.63, 3.8) is 0 Å². The van der Waals surface area contributed by atoms with Crippen molar-refractivity contribution in [3.8, 4) is 0 Å². The predicted octanol–water partition coefficient (Wildman–Crippen LogP) is 2.01. The molecule has 0 atom stereocenters. The van der Waals surface area contributed by atoms with E-state index in [1.807, 2.05) is 0 Å². The van der Waals surface area contributed by atoms with E-state index in [-0.39, 0.29) is 5.91 Å². The van der Waals surface area contributed by atoms with Crippen molar-refractivity contribution in [2.24, 2.45) is 0 Å². The second kappa shape index (κ2) is 9.23. The Hall–Kier alpha value is -0.860. The van der Waals surface area contributed by atoms with Crippen LogP contribution in [0.4, 0.5) is 0 Å². The van der Waals surface area contributed by atoms with Gasteiger partial charge in [0.1, 0.15) is 0 Å². The predicted molar refractivity (Wildman–Crippen MR) is 52.2 cm³/mol. The zero-order chi connectivity index (χ0) is 9.94. The van der Waals surface area contributed by atoms with Gasteiger partial charge in [-0.1, -0.05) is 39.0 Å². The summed E-state index contributed by atoms with van der Waals surface area (Å²) in [6, 6.07) is 0. The molecule has 0 spiro atoms. The van der Waals surface area contributed by atoms with Crippen LogP contribution in [-0.2, 0) is 9.59 Å². The third-order valence-corrected chi connectivity index (χ3v) is 1.98. The SMILES string of the molecule is CCCCCCCCC(=O)NC=O. The van der Waals surface area contributed by atoms with Gasteiger partial charge in [0.25, 0.3) is 0 Å². The monoisotopic (exact) mass is 185 g/mol. The van der Waals surface area contributed by atoms with E-state index in [9.17, 15) is 9.59 Å². The Balaban J connectivity index is 3.06. The van der Waals surface area contributed by atoms with Crippen LogP contribution in [-0.4, -0.2) is 12.3 Å². The number of hydrogen-bond donors (Lipinski definition) is 1. The van der Waals surface area contributed by atoms with Gasteiger partial charge in [0.2, 0.25) is 12.3 Å². The summed E-state index contributed by atoms with van der Waals surface area (Å²) in [6.07, 6.45) is 7.88. The zero-order valence-corrected chi connectivity index (χ0v) is 8.34. The molecule has 13 heavy (non-hydrogen) atoms. The van der Waals surface area contributed by atoms with Crippen LogP contribution >= 0.6 is 0 Å². The molecule has 0 fully saturated rings. The highest BCUT2D eigenvalue weighted by Crippen LogP contribution is 2.06. The topological polar surface area (TPSA) is 46.2 Å². The smallest absolute Gasteiger partial charge is 0.226 e. The first-order valence-electron chi connectivity index (χ1n) is 5.04. The first-order chi connectivity index (χ1) is 6.31. The second-order valence-electron chi connectivity index (χ2n) is 3.20. The molecule has 0 heterocycles. The number of amides is 2. The summed E-state index contributed by atoms with van der Waals surface area (Å²) >= 11 is 0. The Morgan fingerprint density at radius 2 is 1.77 bits per heavy atom. The summed E-state index contributed by atoms with van der Waals surface area (Å²) in [5.41, 5.74) is 0. The minimum atomic E-state index is -0.162. The highest BCUT2D eigenvalue weighted by atomic mass is 16.2. The Morgan fingerprint density at radius 1 is 1.15 bits per heavy atom. The van der Waals surface area contributed by atoms with Crippen molar-refractivity contribution < 1.29 is 9.59 Å². The minimum absolute atomic E-state index is 0.162. The molecule has 0 aliphatic heterocycles. The lowest BCUT2D eigenvalue weighted by Crippen LogP contribution is -2.20. The van der Waals surface area contributed by atoms with Crippen LogP contribution in [0.15, 0.2) is 0 Å². The summed E-state index contributed by atoms with van der Waals surface area (Å²) in [5.74, 6) is -0.162. The molecule has 0 saturated heterocycles. The van der Waals surface area contributed by atoms with E-state index < -0.39 is 0 Å². The molecule has 0 bridgehead atoms. The molecule has 3 heteroatoms. The fourth-order valence-electron chi connectivity index (χ4n) is 1.20. The summed E-state index contributed by atoms with van der Waals surface area (Å²) in [4.78, 5) is 20.6. The molecule has 0 unspecified atom stereocenters. The Bertz CT molecular complexity index is 146. The quantitative estimate of drug-likeness (QED) is 0.464. The van der Waals surface area contributed by atoms with Gasteiger partial charge in [0, 0.05) is 6.42 Å². The normalized spacial score (nSPS) is 9.62. The van der Waals surface area contributed by atoms with Gasteiger partial charge in [-0.3, -0.25) is 14.9 Å². The molecular weight excluding hydrogens is 166 g/mol. The van der Waals surface area contributed by atoms with E-state index in [4.69, 9.17) is 0 Å². The van der Waals surface area contributed by atoms with Crippen molar-refractivity contribution in [1.82, 2.24) is 5.32 Å². The molecule has 2 amide bonds. The molecule has 0 saturated carbocycles.